The highest BCUT2D eigenvalue weighted by Crippen LogP contribution is 2.36. The van der Waals surface area contributed by atoms with Crippen molar-refractivity contribution < 1.29 is 0 Å². The van der Waals surface area contributed by atoms with Gasteiger partial charge in [-0.05, 0) is 47.2 Å². The lowest BCUT2D eigenvalue weighted by atomic mass is 9.99. The van der Waals surface area contributed by atoms with Gasteiger partial charge in [0.05, 0.1) is 5.69 Å². The molecular weight excluding hydrogens is 367 g/mol. The summed E-state index contributed by atoms with van der Waals surface area (Å²) in [7, 11) is 0. The van der Waals surface area contributed by atoms with Crippen molar-refractivity contribution in [2.24, 2.45) is 0 Å². The Labute approximate surface area is 123 Å². The quantitative estimate of drug-likeness (QED) is 0.785. The summed E-state index contributed by atoms with van der Waals surface area (Å²) < 4.78 is 1.14. The molecule has 1 aromatic carbocycles. The second kappa shape index (κ2) is 5.12. The highest BCUT2D eigenvalue weighted by molar-refractivity contribution is 14.1. The van der Waals surface area contributed by atoms with Crippen LogP contribution >= 0.6 is 45.5 Å². The number of nitrogens with zero attached hydrogens (tertiary/aromatic N) is 1. The molecule has 2 rings (SSSR count). The summed E-state index contributed by atoms with van der Waals surface area (Å²) in [6, 6.07) is 6.12. The highest BCUT2D eigenvalue weighted by atomic mass is 127. The average molecular weight is 379 g/mol. The molecule has 2 aromatic rings. The van der Waals surface area contributed by atoms with Crippen LogP contribution in [0.3, 0.4) is 0 Å². The largest absolute Gasteiger partial charge is 0.375 e. The second-order valence-corrected chi connectivity index (χ2v) is 6.60. The van der Waals surface area contributed by atoms with Gasteiger partial charge in [-0.25, -0.2) is 4.98 Å². The average Bonchev–Trinajstić information content (AvgIpc) is 2.57. The Balaban J connectivity index is 2.43. The molecule has 1 heterocycles. The van der Waals surface area contributed by atoms with Crippen LogP contribution in [0.25, 0.3) is 0 Å². The number of hydrogen-bond donors (Lipinski definition) is 1. The molecule has 5 heteroatoms. The van der Waals surface area contributed by atoms with Crippen molar-refractivity contribution in [2.45, 2.75) is 19.8 Å². The minimum absolute atomic E-state index is 0.231. The summed E-state index contributed by atoms with van der Waals surface area (Å²) in [4.78, 5) is 5.44. The summed E-state index contributed by atoms with van der Waals surface area (Å²) in [6.07, 6.45) is 0. The number of aromatic nitrogens is 1. The van der Waals surface area contributed by atoms with E-state index in [1.165, 1.54) is 16.2 Å². The fourth-order valence-corrected chi connectivity index (χ4v) is 3.75. The van der Waals surface area contributed by atoms with Gasteiger partial charge >= 0.3 is 0 Å². The Hall–Kier alpha value is -0.330. The molecule has 0 aliphatic rings. The lowest BCUT2D eigenvalue weighted by molar-refractivity contribution is 0.927. The maximum atomic E-state index is 6.28. The highest BCUT2D eigenvalue weighted by Gasteiger charge is 2.17. The van der Waals surface area contributed by atoms with E-state index in [-0.39, 0.29) is 5.92 Å². The predicted molar refractivity (Wildman–Crippen MR) is 82.9 cm³/mol. The summed E-state index contributed by atoms with van der Waals surface area (Å²) in [6.45, 7) is 4.12. The Morgan fingerprint density at radius 2 is 2.18 bits per heavy atom. The standard InChI is InChI=1S/C12H12ClIN2S/c1-6(11-7(2)16-12(15)17-11)9-4-3-8(14)5-10(9)13/h3-6H,1-2H3,(H2,15,16). The molecule has 90 valence electrons. The lowest BCUT2D eigenvalue weighted by Crippen LogP contribution is -1.97. The third kappa shape index (κ3) is 2.74. The molecule has 2 nitrogen and oxygen atoms in total. The van der Waals surface area contributed by atoms with Crippen molar-refractivity contribution in [1.29, 1.82) is 0 Å². The van der Waals surface area contributed by atoms with Crippen LogP contribution < -0.4 is 5.73 Å². The van der Waals surface area contributed by atoms with Crippen molar-refractivity contribution in [2.75, 3.05) is 5.73 Å². The Kier molecular flexibility index (Phi) is 3.95. The summed E-state index contributed by atoms with van der Waals surface area (Å²) in [5.41, 5.74) is 7.85. The van der Waals surface area contributed by atoms with Crippen LogP contribution in [0, 0.1) is 10.5 Å². The van der Waals surface area contributed by atoms with Crippen LogP contribution in [0.2, 0.25) is 5.02 Å². The van der Waals surface area contributed by atoms with Crippen molar-refractivity contribution in [3.63, 3.8) is 0 Å². The summed E-state index contributed by atoms with van der Waals surface area (Å²) in [5, 5.41) is 1.42. The Bertz CT molecular complexity index is 553. The number of halogens is 2. The lowest BCUT2D eigenvalue weighted by Gasteiger charge is -2.12. The minimum atomic E-state index is 0.231. The Morgan fingerprint density at radius 1 is 1.47 bits per heavy atom. The number of rotatable bonds is 2. The molecule has 1 aromatic heterocycles. The van der Waals surface area contributed by atoms with Crippen molar-refractivity contribution in [3.8, 4) is 0 Å². The molecule has 1 unspecified atom stereocenters. The maximum absolute atomic E-state index is 6.28. The molecule has 0 radical (unpaired) electrons. The molecule has 17 heavy (non-hydrogen) atoms. The van der Waals surface area contributed by atoms with Gasteiger partial charge in [0.1, 0.15) is 0 Å². The van der Waals surface area contributed by atoms with E-state index in [0.717, 1.165) is 19.9 Å². The first kappa shape index (κ1) is 13.1. The van der Waals surface area contributed by atoms with Gasteiger partial charge in [-0.15, -0.1) is 11.3 Å². The van der Waals surface area contributed by atoms with E-state index in [1.54, 1.807) is 0 Å². The molecule has 0 fully saturated rings. The SMILES string of the molecule is Cc1nc(N)sc1C(C)c1ccc(I)cc1Cl. The van der Waals surface area contributed by atoms with E-state index in [2.05, 4.69) is 46.6 Å². The van der Waals surface area contributed by atoms with Gasteiger partial charge in [0.2, 0.25) is 0 Å². The van der Waals surface area contributed by atoms with Crippen LogP contribution in [-0.2, 0) is 0 Å². The first-order valence-electron chi connectivity index (χ1n) is 5.16. The van der Waals surface area contributed by atoms with Crippen LogP contribution in [0.4, 0.5) is 5.13 Å². The third-order valence-corrected chi connectivity index (χ3v) is 4.84. The molecule has 1 atom stereocenters. The predicted octanol–water partition coefficient (Wildman–Crippen LogP) is 4.44. The number of thiazole rings is 1. The van der Waals surface area contributed by atoms with Gasteiger partial charge < -0.3 is 5.73 Å². The van der Waals surface area contributed by atoms with Gasteiger partial charge in [0, 0.05) is 19.4 Å². The molecule has 0 saturated heterocycles. The van der Waals surface area contributed by atoms with Crippen LogP contribution in [-0.4, -0.2) is 4.98 Å². The number of benzene rings is 1. The molecule has 2 N–H and O–H groups in total. The Morgan fingerprint density at radius 3 is 2.71 bits per heavy atom. The smallest absolute Gasteiger partial charge is 0.180 e. The second-order valence-electron chi connectivity index (χ2n) is 3.89. The summed E-state index contributed by atoms with van der Waals surface area (Å²) >= 11 is 10.1. The zero-order valence-electron chi connectivity index (χ0n) is 9.50. The third-order valence-electron chi connectivity index (χ3n) is 2.67. The molecule has 0 bridgehead atoms. The molecule has 0 aliphatic heterocycles. The van der Waals surface area contributed by atoms with Crippen LogP contribution in [0.15, 0.2) is 18.2 Å². The van der Waals surface area contributed by atoms with Gasteiger partial charge in [-0.2, -0.15) is 0 Å². The topological polar surface area (TPSA) is 38.9 Å². The molecule has 0 amide bonds. The van der Waals surface area contributed by atoms with E-state index < -0.39 is 0 Å². The number of nitrogens with two attached hydrogens (primary N) is 1. The minimum Gasteiger partial charge on any atom is -0.375 e. The van der Waals surface area contributed by atoms with Gasteiger partial charge in [-0.1, -0.05) is 24.6 Å². The fraction of sp³-hybridized carbons (Fsp3) is 0.250. The maximum Gasteiger partial charge on any atom is 0.180 e. The normalized spacial score (nSPS) is 12.7. The zero-order valence-corrected chi connectivity index (χ0v) is 13.2. The number of nitrogen functional groups attached to an aromatic ring is 1. The van der Waals surface area contributed by atoms with E-state index in [4.69, 9.17) is 17.3 Å². The molecule has 0 aliphatic carbocycles. The monoisotopic (exact) mass is 378 g/mol. The van der Waals surface area contributed by atoms with Crippen molar-refractivity contribution in [1.82, 2.24) is 4.98 Å². The molecule has 0 spiro atoms. The van der Waals surface area contributed by atoms with Crippen molar-refractivity contribution in [3.05, 3.63) is 42.9 Å². The van der Waals surface area contributed by atoms with Gasteiger partial charge in [0.15, 0.2) is 5.13 Å². The van der Waals surface area contributed by atoms with Crippen LogP contribution in [0.5, 0.6) is 0 Å². The van der Waals surface area contributed by atoms with E-state index in [1.807, 2.05) is 13.0 Å². The van der Waals surface area contributed by atoms with Gasteiger partial charge in [0.25, 0.3) is 0 Å². The van der Waals surface area contributed by atoms with Crippen LogP contribution in [0.1, 0.15) is 29.0 Å². The first-order valence-corrected chi connectivity index (χ1v) is 7.44. The molecular formula is C12H12ClIN2S. The fourth-order valence-electron chi connectivity index (χ4n) is 1.83. The first-order chi connectivity index (χ1) is 7.99. The summed E-state index contributed by atoms with van der Waals surface area (Å²) in [5.74, 6) is 0.231. The molecule has 0 saturated carbocycles. The van der Waals surface area contributed by atoms with Gasteiger partial charge in [-0.3, -0.25) is 0 Å². The number of hydrogen-bond acceptors (Lipinski definition) is 3. The van der Waals surface area contributed by atoms with E-state index in [0.29, 0.717) is 5.13 Å². The van der Waals surface area contributed by atoms with Crippen molar-refractivity contribution >= 4 is 50.7 Å². The number of anilines is 1. The number of aryl methyl sites for hydroxylation is 1. The van der Waals surface area contributed by atoms with E-state index in [9.17, 15) is 0 Å². The zero-order chi connectivity index (χ0) is 12.6. The van der Waals surface area contributed by atoms with E-state index >= 15 is 0 Å².